The predicted octanol–water partition coefficient (Wildman–Crippen LogP) is 0.852. The number of nitriles is 1. The van der Waals surface area contributed by atoms with Gasteiger partial charge in [0, 0.05) is 6.54 Å². The standard InChI is InChI=1S/C8H12N2/c9-5-8-6-10-3-1-7(8)2-4-10/h7-8H,1-4,6H2. The molecule has 0 aromatic heterocycles. The summed E-state index contributed by atoms with van der Waals surface area (Å²) in [5.74, 6) is 1.08. The summed E-state index contributed by atoms with van der Waals surface area (Å²) in [4.78, 5) is 2.41. The van der Waals surface area contributed by atoms with E-state index in [4.69, 9.17) is 5.26 Å². The summed E-state index contributed by atoms with van der Waals surface area (Å²) in [6.45, 7) is 3.52. The van der Waals surface area contributed by atoms with Crippen LogP contribution >= 0.6 is 0 Å². The lowest BCUT2D eigenvalue weighted by molar-refractivity contribution is 0.0769. The van der Waals surface area contributed by atoms with Crippen molar-refractivity contribution < 1.29 is 0 Å². The van der Waals surface area contributed by atoms with Gasteiger partial charge in [-0.15, -0.1) is 0 Å². The van der Waals surface area contributed by atoms with E-state index in [0.29, 0.717) is 5.92 Å². The normalized spacial score (nSPS) is 44.9. The second kappa shape index (κ2) is 2.25. The van der Waals surface area contributed by atoms with E-state index in [1.165, 1.54) is 25.9 Å². The summed E-state index contributed by atoms with van der Waals surface area (Å²) in [5.41, 5.74) is 0. The van der Waals surface area contributed by atoms with Gasteiger partial charge in [0.15, 0.2) is 0 Å². The molecule has 3 aliphatic heterocycles. The van der Waals surface area contributed by atoms with Gasteiger partial charge in [-0.25, -0.2) is 0 Å². The van der Waals surface area contributed by atoms with Crippen LogP contribution in [-0.2, 0) is 0 Å². The number of fused-ring (bicyclic) bond motifs is 3. The van der Waals surface area contributed by atoms with Crippen LogP contribution in [0, 0.1) is 23.2 Å². The molecule has 0 saturated carbocycles. The topological polar surface area (TPSA) is 27.0 Å². The fourth-order valence-corrected chi connectivity index (χ4v) is 2.11. The molecule has 1 unspecified atom stereocenters. The van der Waals surface area contributed by atoms with Crippen molar-refractivity contribution in [2.24, 2.45) is 11.8 Å². The molecule has 0 aliphatic carbocycles. The summed E-state index contributed by atoms with van der Waals surface area (Å²) in [6.07, 6.45) is 2.52. The van der Waals surface area contributed by atoms with E-state index in [2.05, 4.69) is 11.0 Å². The highest BCUT2D eigenvalue weighted by molar-refractivity contribution is 4.97. The van der Waals surface area contributed by atoms with Crippen LogP contribution in [0.3, 0.4) is 0 Å². The van der Waals surface area contributed by atoms with Gasteiger partial charge in [0.05, 0.1) is 12.0 Å². The van der Waals surface area contributed by atoms with Crippen molar-refractivity contribution in [3.8, 4) is 6.07 Å². The van der Waals surface area contributed by atoms with Crippen LogP contribution in [-0.4, -0.2) is 24.5 Å². The molecule has 2 heteroatoms. The molecule has 3 fully saturated rings. The van der Waals surface area contributed by atoms with E-state index in [1.54, 1.807) is 0 Å². The van der Waals surface area contributed by atoms with E-state index in [1.807, 2.05) is 0 Å². The lowest BCUT2D eigenvalue weighted by atomic mass is 9.80. The first kappa shape index (κ1) is 6.18. The monoisotopic (exact) mass is 136 g/mol. The average molecular weight is 136 g/mol. The lowest BCUT2D eigenvalue weighted by Crippen LogP contribution is -2.46. The second-order valence-electron chi connectivity index (χ2n) is 3.37. The number of rotatable bonds is 0. The first-order valence-electron chi connectivity index (χ1n) is 4.02. The molecule has 0 aromatic carbocycles. The highest BCUT2D eigenvalue weighted by Crippen LogP contribution is 2.31. The van der Waals surface area contributed by atoms with Gasteiger partial charge in [0.25, 0.3) is 0 Å². The van der Waals surface area contributed by atoms with Gasteiger partial charge >= 0.3 is 0 Å². The van der Waals surface area contributed by atoms with Gasteiger partial charge in [-0.2, -0.15) is 5.26 Å². The fraction of sp³-hybridized carbons (Fsp3) is 0.875. The van der Waals surface area contributed by atoms with Gasteiger partial charge < -0.3 is 4.90 Å². The smallest absolute Gasteiger partial charge is 0.0672 e. The Morgan fingerprint density at radius 1 is 1.30 bits per heavy atom. The fourth-order valence-electron chi connectivity index (χ4n) is 2.11. The van der Waals surface area contributed by atoms with E-state index in [0.717, 1.165) is 12.5 Å². The lowest BCUT2D eigenvalue weighted by Gasteiger charge is -2.41. The maximum absolute atomic E-state index is 8.74. The average Bonchev–Trinajstić information content (AvgIpc) is 2.06. The maximum Gasteiger partial charge on any atom is 0.0672 e. The second-order valence-corrected chi connectivity index (χ2v) is 3.37. The van der Waals surface area contributed by atoms with Crippen LogP contribution in [0.4, 0.5) is 0 Å². The van der Waals surface area contributed by atoms with E-state index in [-0.39, 0.29) is 0 Å². The quantitative estimate of drug-likeness (QED) is 0.493. The molecule has 3 saturated heterocycles. The molecule has 0 amide bonds. The zero-order valence-corrected chi connectivity index (χ0v) is 6.08. The number of nitrogens with zero attached hydrogens (tertiary/aromatic N) is 2. The van der Waals surface area contributed by atoms with Crippen molar-refractivity contribution in [3.63, 3.8) is 0 Å². The van der Waals surface area contributed by atoms with Crippen molar-refractivity contribution in [1.29, 1.82) is 5.26 Å². The van der Waals surface area contributed by atoms with Crippen LogP contribution in [0.2, 0.25) is 0 Å². The van der Waals surface area contributed by atoms with Crippen molar-refractivity contribution in [3.05, 3.63) is 0 Å². The molecular formula is C8H12N2. The predicted molar refractivity (Wildman–Crippen MR) is 38.3 cm³/mol. The molecule has 0 N–H and O–H groups in total. The Hall–Kier alpha value is -0.550. The molecule has 3 rings (SSSR count). The Bertz CT molecular complexity index is 163. The molecule has 10 heavy (non-hydrogen) atoms. The molecule has 1 atom stereocenters. The minimum atomic E-state index is 0.350. The Morgan fingerprint density at radius 2 is 2.00 bits per heavy atom. The summed E-state index contributed by atoms with van der Waals surface area (Å²) >= 11 is 0. The molecular weight excluding hydrogens is 124 g/mol. The van der Waals surface area contributed by atoms with Crippen LogP contribution in [0.15, 0.2) is 0 Å². The highest BCUT2D eigenvalue weighted by Gasteiger charge is 2.33. The highest BCUT2D eigenvalue weighted by atomic mass is 15.1. The first-order chi connectivity index (χ1) is 4.90. The number of hydrogen-bond donors (Lipinski definition) is 0. The Balaban J connectivity index is 2.09. The molecule has 0 spiro atoms. The van der Waals surface area contributed by atoms with Gasteiger partial charge in [-0.05, 0) is 31.8 Å². The molecule has 3 aliphatic rings. The van der Waals surface area contributed by atoms with Gasteiger partial charge in [-0.3, -0.25) is 0 Å². The first-order valence-corrected chi connectivity index (χ1v) is 4.02. The summed E-state index contributed by atoms with van der Waals surface area (Å²) in [6, 6.07) is 2.39. The van der Waals surface area contributed by atoms with Crippen LogP contribution < -0.4 is 0 Å². The molecule has 2 bridgehead atoms. The molecule has 3 heterocycles. The zero-order chi connectivity index (χ0) is 6.97. The number of hydrogen-bond acceptors (Lipinski definition) is 2. The van der Waals surface area contributed by atoms with Gasteiger partial charge in [-0.1, -0.05) is 0 Å². The van der Waals surface area contributed by atoms with Crippen molar-refractivity contribution >= 4 is 0 Å². The molecule has 54 valence electrons. The Kier molecular flexibility index (Phi) is 1.39. The minimum Gasteiger partial charge on any atom is -0.302 e. The van der Waals surface area contributed by atoms with Crippen molar-refractivity contribution in [2.75, 3.05) is 19.6 Å². The van der Waals surface area contributed by atoms with Crippen molar-refractivity contribution in [2.45, 2.75) is 12.8 Å². The zero-order valence-electron chi connectivity index (χ0n) is 6.08. The minimum absolute atomic E-state index is 0.350. The van der Waals surface area contributed by atoms with E-state index < -0.39 is 0 Å². The Morgan fingerprint density at radius 3 is 2.30 bits per heavy atom. The third-order valence-corrected chi connectivity index (χ3v) is 2.82. The summed E-state index contributed by atoms with van der Waals surface area (Å²) in [7, 11) is 0. The number of piperidine rings is 3. The van der Waals surface area contributed by atoms with Crippen LogP contribution in [0.1, 0.15) is 12.8 Å². The van der Waals surface area contributed by atoms with E-state index in [9.17, 15) is 0 Å². The summed E-state index contributed by atoms with van der Waals surface area (Å²) in [5, 5.41) is 8.74. The third-order valence-electron chi connectivity index (χ3n) is 2.82. The molecule has 0 radical (unpaired) electrons. The van der Waals surface area contributed by atoms with Gasteiger partial charge in [0.1, 0.15) is 0 Å². The summed E-state index contributed by atoms with van der Waals surface area (Å²) < 4.78 is 0. The third kappa shape index (κ3) is 0.819. The molecule has 0 aromatic rings. The van der Waals surface area contributed by atoms with Crippen LogP contribution in [0.25, 0.3) is 0 Å². The largest absolute Gasteiger partial charge is 0.302 e. The van der Waals surface area contributed by atoms with E-state index >= 15 is 0 Å². The van der Waals surface area contributed by atoms with Gasteiger partial charge in [0.2, 0.25) is 0 Å². The molecule has 2 nitrogen and oxygen atoms in total. The maximum atomic E-state index is 8.74. The Labute approximate surface area is 61.4 Å². The SMILES string of the molecule is N#CC1CN2CCC1CC2. The van der Waals surface area contributed by atoms with Crippen molar-refractivity contribution in [1.82, 2.24) is 4.90 Å². The van der Waals surface area contributed by atoms with Crippen LogP contribution in [0.5, 0.6) is 0 Å².